The first kappa shape index (κ1) is 42.5. The van der Waals surface area contributed by atoms with Crippen molar-refractivity contribution in [3.63, 3.8) is 0 Å². The quantitative estimate of drug-likeness (QED) is 0.101. The van der Waals surface area contributed by atoms with Gasteiger partial charge < -0.3 is 24.2 Å². The Morgan fingerprint density at radius 1 is 1.00 bits per heavy atom. The van der Waals surface area contributed by atoms with Crippen LogP contribution in [-0.4, -0.2) is 107 Å². The van der Waals surface area contributed by atoms with E-state index in [4.69, 9.17) is 30.8 Å². The zero-order valence-corrected chi connectivity index (χ0v) is 36.6. The molecule has 8 rings (SSSR count). The van der Waals surface area contributed by atoms with E-state index in [-0.39, 0.29) is 29.7 Å². The molecule has 1 atom stereocenters. The van der Waals surface area contributed by atoms with Crippen LogP contribution in [0.4, 0.5) is 0 Å². The molecule has 1 saturated carbocycles. The number of nitrogens with zero attached hydrogens (tertiary/aromatic N) is 6. The summed E-state index contributed by atoms with van der Waals surface area (Å²) >= 11 is 8.27. The number of carboxylic acids is 1. The number of rotatable bonds is 16. The molecule has 0 amide bonds. The Bertz CT molecular complexity index is 2670. The highest BCUT2D eigenvalue weighted by Gasteiger charge is 2.31. The summed E-state index contributed by atoms with van der Waals surface area (Å²) < 4.78 is 48.6. The third kappa shape index (κ3) is 9.66. The molecule has 13 nitrogen and oxygen atoms in total. The molecular weight excluding hydrogens is 836 g/mol. The molecular formula is C45H47ClN6O7S2. The fraction of sp³-hybridized carbons (Fsp3) is 0.356. The zero-order chi connectivity index (χ0) is 42.7. The second-order valence-electron chi connectivity index (χ2n) is 15.6. The number of carboxylic acid groups (broad SMARTS) is 1. The number of piperazine rings is 1. The molecule has 318 valence electrons. The lowest BCUT2D eigenvalue weighted by Crippen LogP contribution is -2.45. The monoisotopic (exact) mass is 882 g/mol. The van der Waals surface area contributed by atoms with Crippen molar-refractivity contribution in [2.45, 2.75) is 56.1 Å². The predicted molar refractivity (Wildman–Crippen MR) is 236 cm³/mol. The lowest BCUT2D eigenvalue weighted by molar-refractivity contribution is -0.145. The van der Waals surface area contributed by atoms with Gasteiger partial charge in [0.1, 0.15) is 24.7 Å². The first-order chi connectivity index (χ1) is 29.4. The summed E-state index contributed by atoms with van der Waals surface area (Å²) in [4.78, 5) is 31.8. The molecule has 1 N–H and O–H groups in total. The Balaban J connectivity index is 1.03. The zero-order valence-electron chi connectivity index (χ0n) is 34.2. The largest absolute Gasteiger partial charge is 0.491 e. The van der Waals surface area contributed by atoms with Gasteiger partial charge in [-0.25, -0.2) is 23.2 Å². The smallest absolute Gasteiger partial charge is 0.345 e. The average Bonchev–Trinajstić information content (AvgIpc) is 3.64. The van der Waals surface area contributed by atoms with Gasteiger partial charge >= 0.3 is 5.97 Å². The molecule has 0 unspecified atom stereocenters. The average molecular weight is 883 g/mol. The van der Waals surface area contributed by atoms with E-state index < -0.39 is 21.9 Å². The number of likely N-dealkylation sites (N-methyl/N-ethyl adjacent to an activating group) is 1. The fourth-order valence-corrected chi connectivity index (χ4v) is 9.21. The summed E-state index contributed by atoms with van der Waals surface area (Å²) in [5, 5.41) is 11.8. The minimum absolute atomic E-state index is 0.0151. The van der Waals surface area contributed by atoms with Crippen LogP contribution in [0.5, 0.6) is 17.4 Å². The summed E-state index contributed by atoms with van der Waals surface area (Å²) in [7, 11) is -1.28. The first-order valence-corrected chi connectivity index (χ1v) is 23.3. The Labute approximate surface area is 364 Å². The van der Waals surface area contributed by atoms with Crippen molar-refractivity contribution in [1.82, 2.24) is 29.1 Å². The van der Waals surface area contributed by atoms with Crippen LogP contribution < -0.4 is 14.2 Å². The normalized spacial score (nSPS) is 15.7. The minimum atomic E-state index is -3.42. The van der Waals surface area contributed by atoms with Gasteiger partial charge in [0.2, 0.25) is 12.0 Å². The molecule has 1 saturated heterocycles. The SMILES string of the molecule is Cc1c(-c2c(C3CCC3)ncc3snc(O[C@H](Cc4ccccc4OCc4ccnc(-c5cccc(S(C)(=O)=O)c5)n4)C(=O)O)c23)ccc(OCCN2CCN(C)CC2)c1Cl. The van der Waals surface area contributed by atoms with E-state index in [2.05, 4.69) is 31.2 Å². The first-order valence-electron chi connectivity index (χ1n) is 20.3. The van der Waals surface area contributed by atoms with Crippen molar-refractivity contribution in [3.8, 4) is 39.9 Å². The van der Waals surface area contributed by atoms with Crippen LogP contribution in [0.15, 0.2) is 84.0 Å². The molecule has 16 heteroatoms. The van der Waals surface area contributed by atoms with Gasteiger partial charge in [0.25, 0.3) is 0 Å². The maximum atomic E-state index is 12.9. The highest BCUT2D eigenvalue weighted by atomic mass is 35.5. The summed E-state index contributed by atoms with van der Waals surface area (Å²) in [6.07, 6.45) is 6.33. The maximum absolute atomic E-state index is 12.9. The number of aliphatic carboxylic acids is 1. The number of halogens is 1. The summed E-state index contributed by atoms with van der Waals surface area (Å²) in [6.45, 7) is 7.46. The van der Waals surface area contributed by atoms with Crippen LogP contribution >= 0.6 is 23.1 Å². The van der Waals surface area contributed by atoms with Crippen LogP contribution in [0.3, 0.4) is 0 Å². The van der Waals surface area contributed by atoms with Gasteiger partial charge in [-0.2, -0.15) is 4.37 Å². The summed E-state index contributed by atoms with van der Waals surface area (Å²) in [5.74, 6) is 0.748. The van der Waals surface area contributed by atoms with E-state index in [1.54, 1.807) is 36.5 Å². The standard InChI is InChI=1S/C45H47ClN6O7S2/c1-28-34(14-15-36(41(28)46)57-23-22-52-20-18-51(2)19-21-52)39-40-38(26-48-42(39)29-9-6-10-29)60-50-44(40)59-37(45(53)54)25-30-8-4-5-13-35(30)58-27-32-16-17-47-43(49-32)31-11-7-12-33(24-31)61(3,55)56/h4-5,7-8,11-17,24,26,29,37H,6,9-10,18-23,25,27H2,1-3H3,(H,53,54)/t37-/m1/s1. The Morgan fingerprint density at radius 3 is 2.56 bits per heavy atom. The number of carbonyl (C=O) groups is 1. The fourth-order valence-electron chi connectivity index (χ4n) is 7.63. The summed E-state index contributed by atoms with van der Waals surface area (Å²) in [6, 6.07) is 19.3. The number of sulfone groups is 1. The molecule has 1 aliphatic heterocycles. The van der Waals surface area contributed by atoms with Gasteiger partial charge in [-0.15, -0.1) is 0 Å². The lowest BCUT2D eigenvalue weighted by Gasteiger charge is -2.32. The van der Waals surface area contributed by atoms with Crippen molar-refractivity contribution in [2.24, 2.45) is 0 Å². The number of pyridine rings is 1. The van der Waals surface area contributed by atoms with Crippen LogP contribution in [0.25, 0.3) is 32.6 Å². The Kier molecular flexibility index (Phi) is 12.8. The van der Waals surface area contributed by atoms with Crippen molar-refractivity contribution >= 4 is 49.0 Å². The van der Waals surface area contributed by atoms with Crippen LogP contribution in [-0.2, 0) is 27.7 Å². The van der Waals surface area contributed by atoms with Gasteiger partial charge in [0, 0.05) is 74.8 Å². The maximum Gasteiger partial charge on any atom is 0.345 e. The number of ether oxygens (including phenoxy) is 3. The van der Waals surface area contributed by atoms with E-state index in [9.17, 15) is 18.3 Å². The lowest BCUT2D eigenvalue weighted by atomic mass is 9.79. The molecule has 0 spiro atoms. The number of fused-ring (bicyclic) bond motifs is 1. The Hall–Kier alpha value is -5.19. The second-order valence-corrected chi connectivity index (χ2v) is 18.8. The molecule has 61 heavy (non-hydrogen) atoms. The van der Waals surface area contributed by atoms with E-state index in [1.165, 1.54) is 23.7 Å². The molecule has 0 radical (unpaired) electrons. The van der Waals surface area contributed by atoms with Gasteiger partial charge in [-0.05, 0) is 85.4 Å². The van der Waals surface area contributed by atoms with Crippen LogP contribution in [0.1, 0.15) is 47.7 Å². The molecule has 0 bridgehead atoms. The number of hydrogen-bond acceptors (Lipinski definition) is 13. The topological polar surface area (TPSA) is 157 Å². The number of aromatic nitrogens is 4. The van der Waals surface area contributed by atoms with Gasteiger partial charge in [0.05, 0.1) is 31.4 Å². The van der Waals surface area contributed by atoms with Gasteiger partial charge in [-0.1, -0.05) is 54.4 Å². The molecule has 6 aromatic rings. The van der Waals surface area contributed by atoms with Crippen molar-refractivity contribution in [3.05, 3.63) is 107 Å². The molecule has 2 aliphatic rings. The number of hydrogen-bond donors (Lipinski definition) is 1. The highest BCUT2D eigenvalue weighted by Crippen LogP contribution is 2.48. The highest BCUT2D eigenvalue weighted by molar-refractivity contribution is 7.90. The molecule has 3 aromatic carbocycles. The number of para-hydroxylation sites is 1. The minimum Gasteiger partial charge on any atom is -0.491 e. The summed E-state index contributed by atoms with van der Waals surface area (Å²) in [5.41, 5.74) is 5.22. The molecule has 2 fully saturated rings. The number of benzene rings is 3. The third-order valence-electron chi connectivity index (χ3n) is 11.4. The van der Waals surface area contributed by atoms with Crippen molar-refractivity contribution in [2.75, 3.05) is 52.6 Å². The third-order valence-corrected chi connectivity index (χ3v) is 13.7. The van der Waals surface area contributed by atoms with Crippen LogP contribution in [0, 0.1) is 6.92 Å². The molecule has 3 aromatic heterocycles. The predicted octanol–water partition coefficient (Wildman–Crippen LogP) is 7.73. The van der Waals surface area contributed by atoms with Crippen molar-refractivity contribution in [1.29, 1.82) is 0 Å². The van der Waals surface area contributed by atoms with Crippen molar-refractivity contribution < 1.29 is 32.5 Å². The second kappa shape index (κ2) is 18.4. The molecule has 1 aliphatic carbocycles. The van der Waals surface area contributed by atoms with E-state index >= 15 is 0 Å². The van der Waals surface area contributed by atoms with Crippen LogP contribution in [0.2, 0.25) is 5.02 Å². The van der Waals surface area contributed by atoms with E-state index in [0.717, 1.165) is 85.3 Å². The van der Waals surface area contributed by atoms with E-state index in [0.29, 0.717) is 51.2 Å². The van der Waals surface area contributed by atoms with E-state index in [1.807, 2.05) is 37.4 Å². The van der Waals surface area contributed by atoms with Gasteiger partial charge in [0.15, 0.2) is 15.7 Å². The molecule has 4 heterocycles. The Morgan fingerprint density at radius 2 is 1.80 bits per heavy atom. The van der Waals surface area contributed by atoms with Gasteiger partial charge in [-0.3, -0.25) is 9.88 Å².